The number of unbranched alkanes of at least 4 members (excludes halogenated alkanes) is 24. The SMILES string of the molecule is CCCCCCCC/C=C\CCCCCCCCOP(=O)(O)OCCCCCCCC/C=C\CCCCCCCC. The third-order valence-corrected chi connectivity index (χ3v) is 8.84. The van der Waals surface area contributed by atoms with Crippen molar-refractivity contribution in [1.29, 1.82) is 0 Å². The average Bonchev–Trinajstić information content (AvgIpc) is 2.96. The minimum absolute atomic E-state index is 0.308. The first kappa shape index (κ1) is 40.6. The van der Waals surface area contributed by atoms with Crippen molar-refractivity contribution >= 4 is 7.82 Å². The molecule has 0 radical (unpaired) electrons. The lowest BCUT2D eigenvalue weighted by atomic mass is 10.1. The Morgan fingerprint density at radius 3 is 0.951 bits per heavy atom. The Bertz CT molecular complexity index is 556. The molecule has 0 aliphatic heterocycles. The van der Waals surface area contributed by atoms with Crippen LogP contribution < -0.4 is 0 Å². The highest BCUT2D eigenvalue weighted by Gasteiger charge is 2.19. The van der Waals surface area contributed by atoms with E-state index in [4.69, 9.17) is 9.05 Å². The van der Waals surface area contributed by atoms with Crippen LogP contribution in [-0.4, -0.2) is 18.1 Å². The minimum atomic E-state index is -3.89. The van der Waals surface area contributed by atoms with Crippen molar-refractivity contribution in [3.05, 3.63) is 24.3 Å². The highest BCUT2D eigenvalue weighted by Crippen LogP contribution is 2.43. The summed E-state index contributed by atoms with van der Waals surface area (Å²) in [5.41, 5.74) is 0. The maximum atomic E-state index is 12.0. The first-order valence-corrected chi connectivity index (χ1v) is 19.5. The van der Waals surface area contributed by atoms with Crippen LogP contribution in [0, 0.1) is 0 Å². The van der Waals surface area contributed by atoms with Gasteiger partial charge in [0, 0.05) is 0 Å². The zero-order valence-electron chi connectivity index (χ0n) is 27.6. The molecule has 41 heavy (non-hydrogen) atoms. The third-order valence-electron chi connectivity index (χ3n) is 7.82. The Balaban J connectivity index is 3.35. The monoisotopic (exact) mass is 599 g/mol. The Morgan fingerprint density at radius 2 is 0.659 bits per heavy atom. The van der Waals surface area contributed by atoms with Gasteiger partial charge in [0.15, 0.2) is 0 Å². The van der Waals surface area contributed by atoms with Gasteiger partial charge in [0.25, 0.3) is 0 Å². The van der Waals surface area contributed by atoms with Gasteiger partial charge in [-0.1, -0.05) is 154 Å². The lowest BCUT2D eigenvalue weighted by Crippen LogP contribution is -1.99. The molecule has 0 aromatic rings. The van der Waals surface area contributed by atoms with E-state index in [0.29, 0.717) is 13.2 Å². The topological polar surface area (TPSA) is 55.8 Å². The minimum Gasteiger partial charge on any atom is -0.302 e. The van der Waals surface area contributed by atoms with E-state index >= 15 is 0 Å². The van der Waals surface area contributed by atoms with Crippen molar-refractivity contribution in [3.8, 4) is 0 Å². The second kappa shape index (κ2) is 34.1. The number of allylic oxidation sites excluding steroid dienone is 4. The molecule has 0 aliphatic carbocycles. The first-order valence-electron chi connectivity index (χ1n) is 18.0. The molecule has 244 valence electrons. The Morgan fingerprint density at radius 1 is 0.415 bits per heavy atom. The number of phosphoric acid groups is 1. The van der Waals surface area contributed by atoms with Crippen LogP contribution in [0.25, 0.3) is 0 Å². The number of phosphoric ester groups is 1. The van der Waals surface area contributed by atoms with Crippen LogP contribution in [0.15, 0.2) is 24.3 Å². The summed E-state index contributed by atoms with van der Waals surface area (Å²) in [6.07, 6.45) is 44.3. The van der Waals surface area contributed by atoms with Gasteiger partial charge in [-0.25, -0.2) is 4.57 Å². The van der Waals surface area contributed by atoms with Crippen LogP contribution in [0.5, 0.6) is 0 Å². The maximum Gasteiger partial charge on any atom is 0.472 e. The van der Waals surface area contributed by atoms with Gasteiger partial charge in [0.2, 0.25) is 0 Å². The van der Waals surface area contributed by atoms with Crippen LogP contribution in [-0.2, 0) is 13.6 Å². The van der Waals surface area contributed by atoms with Crippen LogP contribution in [0.3, 0.4) is 0 Å². The number of hydrogen-bond acceptors (Lipinski definition) is 3. The zero-order chi connectivity index (χ0) is 30.0. The van der Waals surface area contributed by atoms with Crippen molar-refractivity contribution in [2.45, 2.75) is 194 Å². The molecule has 0 aromatic carbocycles. The molecule has 0 spiro atoms. The van der Waals surface area contributed by atoms with E-state index in [2.05, 4.69) is 38.2 Å². The van der Waals surface area contributed by atoms with E-state index in [-0.39, 0.29) is 0 Å². The molecule has 0 aliphatic rings. The number of hydrogen-bond donors (Lipinski definition) is 1. The van der Waals surface area contributed by atoms with Crippen LogP contribution in [0.1, 0.15) is 194 Å². The van der Waals surface area contributed by atoms with E-state index < -0.39 is 7.82 Å². The molecule has 0 unspecified atom stereocenters. The summed E-state index contributed by atoms with van der Waals surface area (Å²) in [6, 6.07) is 0. The van der Waals surface area contributed by atoms with Gasteiger partial charge in [0.05, 0.1) is 13.2 Å². The third kappa shape index (κ3) is 35.7. The molecule has 0 rings (SSSR count). The summed E-state index contributed by atoms with van der Waals surface area (Å²) < 4.78 is 22.3. The van der Waals surface area contributed by atoms with Gasteiger partial charge < -0.3 is 4.89 Å². The summed E-state index contributed by atoms with van der Waals surface area (Å²) in [7, 11) is -3.89. The van der Waals surface area contributed by atoms with Crippen molar-refractivity contribution in [1.82, 2.24) is 0 Å². The first-order chi connectivity index (χ1) is 20.1. The fourth-order valence-electron chi connectivity index (χ4n) is 5.10. The molecule has 0 atom stereocenters. The molecule has 1 N–H and O–H groups in total. The molecule has 5 heteroatoms. The molecule has 0 bridgehead atoms. The normalized spacial score (nSPS) is 12.4. The largest absolute Gasteiger partial charge is 0.472 e. The summed E-state index contributed by atoms with van der Waals surface area (Å²) in [5.74, 6) is 0. The molecule has 0 aromatic heterocycles. The van der Waals surface area contributed by atoms with Gasteiger partial charge >= 0.3 is 7.82 Å². The standard InChI is InChI=1S/C36H71O4P/c1-3-5-7-9-11-13-15-17-19-21-23-25-27-29-31-33-35-39-41(37,38)40-36-34-32-30-28-26-24-22-20-18-16-14-12-10-8-6-4-2/h17-20H,3-16,21-36H2,1-2H3,(H,37,38)/b19-17-,20-18-. The Kier molecular flexibility index (Phi) is 33.7. The van der Waals surface area contributed by atoms with Gasteiger partial charge in [0.1, 0.15) is 0 Å². The molecule has 4 nitrogen and oxygen atoms in total. The molecular formula is C36H71O4P. The summed E-state index contributed by atoms with van der Waals surface area (Å²) >= 11 is 0. The summed E-state index contributed by atoms with van der Waals surface area (Å²) in [5, 5.41) is 0. The molecule has 0 heterocycles. The zero-order valence-corrected chi connectivity index (χ0v) is 28.5. The smallest absolute Gasteiger partial charge is 0.302 e. The lowest BCUT2D eigenvalue weighted by molar-refractivity contribution is 0.145. The average molecular weight is 599 g/mol. The van der Waals surface area contributed by atoms with Gasteiger partial charge in [-0.2, -0.15) is 0 Å². The molecule has 0 saturated carbocycles. The molecular weight excluding hydrogens is 527 g/mol. The second-order valence-corrected chi connectivity index (χ2v) is 13.5. The van der Waals surface area contributed by atoms with E-state index in [1.54, 1.807) is 0 Å². The predicted molar refractivity (Wildman–Crippen MR) is 181 cm³/mol. The van der Waals surface area contributed by atoms with Crippen LogP contribution >= 0.6 is 7.82 Å². The Labute approximate surface area is 257 Å². The summed E-state index contributed by atoms with van der Waals surface area (Å²) in [4.78, 5) is 9.86. The second-order valence-electron chi connectivity index (χ2n) is 12.0. The van der Waals surface area contributed by atoms with Crippen molar-refractivity contribution < 1.29 is 18.5 Å². The fraction of sp³-hybridized carbons (Fsp3) is 0.889. The van der Waals surface area contributed by atoms with E-state index in [1.807, 2.05) is 0 Å². The molecule has 0 amide bonds. The fourth-order valence-corrected chi connectivity index (χ4v) is 5.89. The van der Waals surface area contributed by atoms with Crippen molar-refractivity contribution in [2.75, 3.05) is 13.2 Å². The van der Waals surface area contributed by atoms with Crippen molar-refractivity contribution in [3.63, 3.8) is 0 Å². The van der Waals surface area contributed by atoms with Gasteiger partial charge in [-0.15, -0.1) is 0 Å². The Hall–Kier alpha value is -0.410. The predicted octanol–water partition coefficient (Wildman–Crippen LogP) is 13.2. The quantitative estimate of drug-likeness (QED) is 0.0455. The van der Waals surface area contributed by atoms with E-state index in [0.717, 1.165) is 38.5 Å². The van der Waals surface area contributed by atoms with Gasteiger partial charge in [-0.3, -0.25) is 9.05 Å². The lowest BCUT2D eigenvalue weighted by Gasteiger charge is -2.12. The van der Waals surface area contributed by atoms with E-state index in [1.165, 1.54) is 141 Å². The van der Waals surface area contributed by atoms with E-state index in [9.17, 15) is 9.46 Å². The van der Waals surface area contributed by atoms with Crippen molar-refractivity contribution in [2.24, 2.45) is 0 Å². The van der Waals surface area contributed by atoms with Gasteiger partial charge in [-0.05, 0) is 64.2 Å². The molecule has 0 fully saturated rings. The van der Waals surface area contributed by atoms with Crippen LogP contribution in [0.2, 0.25) is 0 Å². The summed E-state index contributed by atoms with van der Waals surface area (Å²) in [6.45, 7) is 5.15. The highest BCUT2D eigenvalue weighted by molar-refractivity contribution is 7.47. The highest BCUT2D eigenvalue weighted by atomic mass is 31.2. The number of rotatable bonds is 34. The van der Waals surface area contributed by atoms with Crippen LogP contribution in [0.4, 0.5) is 0 Å². The maximum absolute atomic E-state index is 12.0. The molecule has 0 saturated heterocycles.